The van der Waals surface area contributed by atoms with Gasteiger partial charge >= 0.3 is 0 Å². The lowest BCUT2D eigenvalue weighted by atomic mass is 10.3. The highest BCUT2D eigenvalue weighted by atomic mass is 79.9. The smallest absolute Gasteiger partial charge is 0.188 e. The van der Waals surface area contributed by atoms with Crippen LogP contribution in [-0.4, -0.2) is 12.5 Å². The standard InChI is InChI=1S/C12H14BrN3S2/c13-11-9(4-7-18-11)8-16-12(14)15-5-3-10-2-1-6-17-10/h1-2,4,6-7H,3,5,8H2,(H3,14,15,16). The minimum absolute atomic E-state index is 0.504. The Hall–Kier alpha value is -0.850. The van der Waals surface area contributed by atoms with Crippen molar-refractivity contribution in [1.82, 2.24) is 5.32 Å². The van der Waals surface area contributed by atoms with Crippen molar-refractivity contribution in [3.05, 3.63) is 43.2 Å². The average molecular weight is 344 g/mol. The maximum Gasteiger partial charge on any atom is 0.188 e. The van der Waals surface area contributed by atoms with Crippen LogP contribution in [0.3, 0.4) is 0 Å². The molecule has 2 aromatic heterocycles. The molecule has 6 heteroatoms. The fraction of sp³-hybridized carbons (Fsp3) is 0.250. The first-order chi connectivity index (χ1) is 8.75. The van der Waals surface area contributed by atoms with E-state index in [4.69, 9.17) is 5.73 Å². The van der Waals surface area contributed by atoms with E-state index in [1.807, 2.05) is 5.38 Å². The van der Waals surface area contributed by atoms with Gasteiger partial charge in [0.1, 0.15) is 0 Å². The Morgan fingerprint density at radius 3 is 2.89 bits per heavy atom. The molecule has 0 amide bonds. The molecule has 0 spiro atoms. The first-order valence-corrected chi connectivity index (χ1v) is 8.09. The van der Waals surface area contributed by atoms with E-state index in [2.05, 4.69) is 49.8 Å². The highest BCUT2D eigenvalue weighted by Crippen LogP contribution is 2.23. The fourth-order valence-electron chi connectivity index (χ4n) is 1.43. The molecule has 2 heterocycles. The lowest BCUT2D eigenvalue weighted by molar-refractivity contribution is 0.857. The monoisotopic (exact) mass is 343 g/mol. The number of nitrogens with zero attached hydrogens (tertiary/aromatic N) is 1. The van der Waals surface area contributed by atoms with Crippen LogP contribution in [0.25, 0.3) is 0 Å². The van der Waals surface area contributed by atoms with Gasteiger partial charge in [-0.1, -0.05) is 6.07 Å². The number of rotatable bonds is 5. The summed E-state index contributed by atoms with van der Waals surface area (Å²) in [5.41, 5.74) is 6.98. The average Bonchev–Trinajstić information content (AvgIpc) is 2.98. The molecule has 0 saturated carbocycles. The van der Waals surface area contributed by atoms with Gasteiger partial charge in [-0.15, -0.1) is 22.7 Å². The SMILES string of the molecule is NC(=NCc1ccsc1Br)NCCc1cccs1. The van der Waals surface area contributed by atoms with Crippen molar-refractivity contribution >= 4 is 44.6 Å². The van der Waals surface area contributed by atoms with E-state index in [1.165, 1.54) is 10.4 Å². The maximum atomic E-state index is 5.81. The summed E-state index contributed by atoms with van der Waals surface area (Å²) in [6, 6.07) is 6.24. The molecule has 0 aliphatic rings. The molecule has 0 fully saturated rings. The maximum absolute atomic E-state index is 5.81. The largest absolute Gasteiger partial charge is 0.370 e. The van der Waals surface area contributed by atoms with Gasteiger partial charge in [0, 0.05) is 11.4 Å². The number of hydrogen-bond donors (Lipinski definition) is 2. The van der Waals surface area contributed by atoms with Crippen molar-refractivity contribution in [3.8, 4) is 0 Å². The van der Waals surface area contributed by atoms with Crippen LogP contribution in [0.1, 0.15) is 10.4 Å². The molecule has 3 nitrogen and oxygen atoms in total. The molecular weight excluding hydrogens is 330 g/mol. The van der Waals surface area contributed by atoms with Crippen LogP contribution >= 0.6 is 38.6 Å². The van der Waals surface area contributed by atoms with Crippen molar-refractivity contribution < 1.29 is 0 Å². The molecule has 0 saturated heterocycles. The number of hydrogen-bond acceptors (Lipinski definition) is 3. The van der Waals surface area contributed by atoms with Crippen molar-refractivity contribution in [1.29, 1.82) is 0 Å². The summed E-state index contributed by atoms with van der Waals surface area (Å²) >= 11 is 6.91. The zero-order chi connectivity index (χ0) is 12.8. The lowest BCUT2D eigenvalue weighted by Gasteiger charge is -2.04. The predicted octanol–water partition coefficient (Wildman–Crippen LogP) is 3.22. The van der Waals surface area contributed by atoms with Gasteiger partial charge in [-0.25, -0.2) is 4.99 Å². The Bertz CT molecular complexity index is 505. The summed E-state index contributed by atoms with van der Waals surface area (Å²) in [4.78, 5) is 5.67. The first kappa shape index (κ1) is 13.6. The molecule has 0 aromatic carbocycles. The third kappa shape index (κ3) is 4.12. The summed E-state index contributed by atoms with van der Waals surface area (Å²) in [5.74, 6) is 0.504. The molecule has 3 N–H and O–H groups in total. The van der Waals surface area contributed by atoms with Crippen LogP contribution in [-0.2, 0) is 13.0 Å². The molecule has 0 bridgehead atoms. The topological polar surface area (TPSA) is 50.4 Å². The molecule has 96 valence electrons. The van der Waals surface area contributed by atoms with Crippen LogP contribution in [0.2, 0.25) is 0 Å². The summed E-state index contributed by atoms with van der Waals surface area (Å²) < 4.78 is 1.12. The normalized spacial score (nSPS) is 11.7. The highest BCUT2D eigenvalue weighted by Gasteiger charge is 2.00. The number of nitrogens with one attached hydrogen (secondary N) is 1. The van der Waals surface area contributed by atoms with Gasteiger partial charge in [-0.05, 0) is 50.8 Å². The van der Waals surface area contributed by atoms with Crippen molar-refractivity contribution in [2.24, 2.45) is 10.7 Å². The summed E-state index contributed by atoms with van der Waals surface area (Å²) in [6.07, 6.45) is 0.982. The van der Waals surface area contributed by atoms with Gasteiger partial charge in [0.05, 0.1) is 10.3 Å². The fourth-order valence-corrected chi connectivity index (χ4v) is 3.35. The van der Waals surface area contributed by atoms with Gasteiger partial charge in [-0.2, -0.15) is 0 Å². The molecular formula is C12H14BrN3S2. The molecule has 0 aliphatic heterocycles. The second-order valence-electron chi connectivity index (χ2n) is 3.68. The number of aliphatic imine (C=N–C) groups is 1. The lowest BCUT2D eigenvalue weighted by Crippen LogP contribution is -2.33. The number of guanidine groups is 1. The van der Waals surface area contributed by atoms with Gasteiger partial charge in [-0.3, -0.25) is 0 Å². The molecule has 2 rings (SSSR count). The molecule has 0 unspecified atom stereocenters. The van der Waals surface area contributed by atoms with Gasteiger partial charge in [0.25, 0.3) is 0 Å². The van der Waals surface area contributed by atoms with E-state index in [0.717, 1.165) is 16.8 Å². The van der Waals surface area contributed by atoms with Crippen molar-refractivity contribution in [2.45, 2.75) is 13.0 Å². The van der Waals surface area contributed by atoms with E-state index >= 15 is 0 Å². The predicted molar refractivity (Wildman–Crippen MR) is 83.4 cm³/mol. The second-order valence-corrected chi connectivity index (χ2v) is 6.94. The Balaban J connectivity index is 1.74. The summed E-state index contributed by atoms with van der Waals surface area (Å²) in [5, 5.41) is 7.25. The van der Waals surface area contributed by atoms with Crippen LogP contribution in [0.5, 0.6) is 0 Å². The Morgan fingerprint density at radius 2 is 2.22 bits per heavy atom. The minimum atomic E-state index is 0.504. The van der Waals surface area contributed by atoms with Crippen molar-refractivity contribution in [2.75, 3.05) is 6.54 Å². The Labute approximate surface area is 123 Å². The van der Waals surface area contributed by atoms with Gasteiger partial charge in [0.15, 0.2) is 5.96 Å². The number of nitrogens with two attached hydrogens (primary N) is 1. The van der Waals surface area contributed by atoms with Crippen LogP contribution in [0, 0.1) is 0 Å². The zero-order valence-corrected chi connectivity index (χ0v) is 12.9. The summed E-state index contributed by atoms with van der Waals surface area (Å²) in [7, 11) is 0. The second kappa shape index (κ2) is 6.92. The van der Waals surface area contributed by atoms with Gasteiger partial charge < -0.3 is 11.1 Å². The molecule has 18 heavy (non-hydrogen) atoms. The Kier molecular flexibility index (Phi) is 5.22. The molecule has 2 aromatic rings. The number of halogens is 1. The van der Waals surface area contributed by atoms with Crippen LogP contribution < -0.4 is 11.1 Å². The first-order valence-electron chi connectivity index (χ1n) is 5.54. The molecule has 0 atom stereocenters. The quantitative estimate of drug-likeness (QED) is 0.646. The number of thiophene rings is 2. The third-order valence-corrected chi connectivity index (χ3v) is 5.12. The van der Waals surface area contributed by atoms with E-state index in [1.54, 1.807) is 22.7 Å². The minimum Gasteiger partial charge on any atom is -0.370 e. The molecule has 0 aliphatic carbocycles. The Morgan fingerprint density at radius 1 is 1.33 bits per heavy atom. The van der Waals surface area contributed by atoms with E-state index in [-0.39, 0.29) is 0 Å². The van der Waals surface area contributed by atoms with E-state index in [0.29, 0.717) is 12.5 Å². The van der Waals surface area contributed by atoms with Gasteiger partial charge in [0.2, 0.25) is 0 Å². The third-order valence-electron chi connectivity index (χ3n) is 2.37. The highest BCUT2D eigenvalue weighted by molar-refractivity contribution is 9.11. The van der Waals surface area contributed by atoms with E-state index in [9.17, 15) is 0 Å². The van der Waals surface area contributed by atoms with Crippen LogP contribution in [0.15, 0.2) is 37.7 Å². The summed E-state index contributed by atoms with van der Waals surface area (Å²) in [6.45, 7) is 1.43. The van der Waals surface area contributed by atoms with Crippen molar-refractivity contribution in [3.63, 3.8) is 0 Å². The molecule has 0 radical (unpaired) electrons. The van der Waals surface area contributed by atoms with E-state index < -0.39 is 0 Å². The van der Waals surface area contributed by atoms with Crippen LogP contribution in [0.4, 0.5) is 0 Å². The zero-order valence-electron chi connectivity index (χ0n) is 9.73.